The van der Waals surface area contributed by atoms with Crippen molar-refractivity contribution in [1.82, 2.24) is 5.43 Å². The van der Waals surface area contributed by atoms with E-state index in [1.807, 2.05) is 36.4 Å². The number of amides is 1. The molecule has 0 aromatic heterocycles. The van der Waals surface area contributed by atoms with Gasteiger partial charge < -0.3 is 4.74 Å². The minimum absolute atomic E-state index is 0.259. The van der Waals surface area contributed by atoms with Gasteiger partial charge in [-0.3, -0.25) is 4.79 Å². The lowest BCUT2D eigenvalue weighted by Gasteiger charge is -2.11. The van der Waals surface area contributed by atoms with Crippen LogP contribution < -0.4 is 10.2 Å². The molecule has 0 aliphatic heterocycles. The summed E-state index contributed by atoms with van der Waals surface area (Å²) >= 11 is 0. The maximum Gasteiger partial charge on any atom is 0.247 e. The van der Waals surface area contributed by atoms with Crippen LogP contribution in [0.2, 0.25) is 0 Å². The normalized spacial score (nSPS) is 12.3. The van der Waals surface area contributed by atoms with E-state index in [9.17, 15) is 9.18 Å². The van der Waals surface area contributed by atoms with Gasteiger partial charge in [0.15, 0.2) is 0 Å². The Morgan fingerprint density at radius 1 is 1.12 bits per heavy atom. The molecular formula is C21H19FN2O2. The number of ether oxygens (including phenoxy) is 1. The molecular weight excluding hydrogens is 331 g/mol. The number of fused-ring (bicyclic) bond motifs is 1. The Labute approximate surface area is 151 Å². The summed E-state index contributed by atoms with van der Waals surface area (Å²) in [5.41, 5.74) is 3.66. The fourth-order valence-electron chi connectivity index (χ4n) is 2.63. The summed E-state index contributed by atoms with van der Waals surface area (Å²) in [5, 5.41) is 5.92. The van der Waals surface area contributed by atoms with E-state index in [1.165, 1.54) is 12.3 Å². The number of carbonyl (C=O) groups excluding carboxylic acids is 1. The molecule has 0 unspecified atom stereocenters. The standard InChI is InChI=1S/C21H19FN2O2/c1-14(21(25)24-23-13-18-5-3-4-6-20(18)22)15-7-8-17-12-19(26-2)10-9-16(17)11-15/h3-14H,1-2H3,(H,24,25)/b23-13+/t14-/m0/s1. The number of methoxy groups -OCH3 is 1. The lowest BCUT2D eigenvalue weighted by molar-refractivity contribution is -0.122. The molecule has 5 heteroatoms. The molecule has 3 rings (SSSR count). The van der Waals surface area contributed by atoms with Crippen molar-refractivity contribution < 1.29 is 13.9 Å². The topological polar surface area (TPSA) is 50.7 Å². The number of halogens is 1. The first-order chi connectivity index (χ1) is 12.6. The van der Waals surface area contributed by atoms with E-state index < -0.39 is 0 Å². The van der Waals surface area contributed by atoms with Gasteiger partial charge in [-0.15, -0.1) is 0 Å². The number of benzene rings is 3. The highest BCUT2D eigenvalue weighted by atomic mass is 19.1. The first-order valence-corrected chi connectivity index (χ1v) is 8.23. The molecule has 1 atom stereocenters. The van der Waals surface area contributed by atoms with Crippen molar-refractivity contribution in [3.8, 4) is 5.75 Å². The molecule has 0 bridgehead atoms. The quantitative estimate of drug-likeness (QED) is 0.553. The van der Waals surface area contributed by atoms with Gasteiger partial charge in [-0.05, 0) is 41.5 Å². The van der Waals surface area contributed by atoms with Crippen molar-refractivity contribution in [3.63, 3.8) is 0 Å². The third-order valence-corrected chi connectivity index (χ3v) is 4.25. The first-order valence-electron chi connectivity index (χ1n) is 8.23. The molecule has 1 amide bonds. The van der Waals surface area contributed by atoms with Gasteiger partial charge in [-0.2, -0.15) is 5.10 Å². The van der Waals surface area contributed by atoms with Crippen LogP contribution in [0.5, 0.6) is 5.75 Å². The minimum atomic E-state index is -0.390. The highest BCUT2D eigenvalue weighted by Gasteiger charge is 2.15. The maximum absolute atomic E-state index is 13.5. The monoisotopic (exact) mass is 350 g/mol. The van der Waals surface area contributed by atoms with Gasteiger partial charge in [0.05, 0.1) is 19.2 Å². The van der Waals surface area contributed by atoms with Crippen molar-refractivity contribution >= 4 is 22.9 Å². The number of nitrogens with one attached hydrogen (secondary N) is 1. The molecule has 132 valence electrons. The van der Waals surface area contributed by atoms with E-state index in [1.54, 1.807) is 32.2 Å². The van der Waals surface area contributed by atoms with Crippen LogP contribution in [0.1, 0.15) is 24.0 Å². The second-order valence-corrected chi connectivity index (χ2v) is 5.95. The highest BCUT2D eigenvalue weighted by molar-refractivity contribution is 5.89. The van der Waals surface area contributed by atoms with Crippen LogP contribution in [0.25, 0.3) is 10.8 Å². The molecule has 0 saturated carbocycles. The Balaban J connectivity index is 1.72. The van der Waals surface area contributed by atoms with Crippen molar-refractivity contribution in [2.45, 2.75) is 12.8 Å². The summed E-state index contributed by atoms with van der Waals surface area (Å²) in [5.74, 6) is -0.244. The van der Waals surface area contributed by atoms with Crippen LogP contribution in [0.4, 0.5) is 4.39 Å². The number of hydrogen-bond donors (Lipinski definition) is 1. The first kappa shape index (κ1) is 17.6. The average molecular weight is 350 g/mol. The van der Waals surface area contributed by atoms with Crippen LogP contribution in [-0.2, 0) is 4.79 Å². The molecule has 0 spiro atoms. The predicted molar refractivity (Wildman–Crippen MR) is 101 cm³/mol. The van der Waals surface area contributed by atoms with Crippen LogP contribution in [0, 0.1) is 5.82 Å². The van der Waals surface area contributed by atoms with Crippen LogP contribution >= 0.6 is 0 Å². The molecule has 3 aromatic rings. The SMILES string of the molecule is COc1ccc2cc([C@H](C)C(=O)N/N=C/c3ccccc3F)ccc2c1. The highest BCUT2D eigenvalue weighted by Crippen LogP contribution is 2.25. The molecule has 26 heavy (non-hydrogen) atoms. The van der Waals surface area contributed by atoms with Crippen molar-refractivity contribution in [3.05, 3.63) is 77.6 Å². The largest absolute Gasteiger partial charge is 0.497 e. The lowest BCUT2D eigenvalue weighted by atomic mass is 9.97. The van der Waals surface area contributed by atoms with Gasteiger partial charge in [0.1, 0.15) is 11.6 Å². The molecule has 0 fully saturated rings. The summed E-state index contributed by atoms with van der Waals surface area (Å²) in [6.45, 7) is 1.80. The molecule has 4 nitrogen and oxygen atoms in total. The Hall–Kier alpha value is -3.21. The fourth-order valence-corrected chi connectivity index (χ4v) is 2.63. The zero-order valence-corrected chi connectivity index (χ0v) is 14.6. The number of carbonyl (C=O) groups is 1. The Bertz CT molecular complexity index is 969. The minimum Gasteiger partial charge on any atom is -0.497 e. The number of hydrazone groups is 1. The van der Waals surface area contributed by atoms with Crippen LogP contribution in [0.3, 0.4) is 0 Å². The molecule has 0 radical (unpaired) electrons. The van der Waals surface area contributed by atoms with E-state index in [2.05, 4.69) is 10.5 Å². The third-order valence-electron chi connectivity index (χ3n) is 4.25. The van der Waals surface area contributed by atoms with Crippen LogP contribution in [-0.4, -0.2) is 19.2 Å². The zero-order valence-electron chi connectivity index (χ0n) is 14.6. The molecule has 0 saturated heterocycles. The summed E-state index contributed by atoms with van der Waals surface area (Å²) in [6.07, 6.45) is 1.30. The van der Waals surface area contributed by atoms with Gasteiger partial charge in [0.25, 0.3) is 0 Å². The average Bonchev–Trinajstić information content (AvgIpc) is 2.67. The van der Waals surface area contributed by atoms with Crippen LogP contribution in [0.15, 0.2) is 65.8 Å². The van der Waals surface area contributed by atoms with Gasteiger partial charge in [-0.25, -0.2) is 9.82 Å². The number of hydrogen-bond acceptors (Lipinski definition) is 3. The predicted octanol–water partition coefficient (Wildman–Crippen LogP) is 4.24. The van der Waals surface area contributed by atoms with Crippen molar-refractivity contribution in [2.24, 2.45) is 5.10 Å². The van der Waals surface area contributed by atoms with E-state index in [0.717, 1.165) is 22.1 Å². The second-order valence-electron chi connectivity index (χ2n) is 5.95. The third kappa shape index (κ3) is 3.88. The maximum atomic E-state index is 13.5. The van der Waals surface area contributed by atoms with E-state index in [4.69, 9.17) is 4.74 Å². The molecule has 1 N–H and O–H groups in total. The number of rotatable bonds is 5. The fraction of sp³-hybridized carbons (Fsp3) is 0.143. The van der Waals surface area contributed by atoms with Crippen molar-refractivity contribution in [2.75, 3.05) is 7.11 Å². The van der Waals surface area contributed by atoms with Gasteiger partial charge in [0, 0.05) is 5.56 Å². The number of nitrogens with zero attached hydrogens (tertiary/aromatic N) is 1. The molecule has 0 heterocycles. The smallest absolute Gasteiger partial charge is 0.247 e. The van der Waals surface area contributed by atoms with Gasteiger partial charge >= 0.3 is 0 Å². The summed E-state index contributed by atoms with van der Waals surface area (Å²) in [4.78, 5) is 12.3. The van der Waals surface area contributed by atoms with E-state index in [-0.39, 0.29) is 17.6 Å². The van der Waals surface area contributed by atoms with Crippen molar-refractivity contribution in [1.29, 1.82) is 0 Å². The van der Waals surface area contributed by atoms with Gasteiger partial charge in [0.2, 0.25) is 5.91 Å². The molecule has 3 aromatic carbocycles. The summed E-state index contributed by atoms with van der Waals surface area (Å²) in [7, 11) is 1.63. The van der Waals surface area contributed by atoms with E-state index in [0.29, 0.717) is 5.56 Å². The second kappa shape index (κ2) is 7.78. The Morgan fingerprint density at radius 3 is 2.62 bits per heavy atom. The molecule has 0 aliphatic rings. The zero-order chi connectivity index (χ0) is 18.5. The summed E-state index contributed by atoms with van der Waals surface area (Å²) in [6, 6.07) is 17.9. The Morgan fingerprint density at radius 2 is 1.85 bits per heavy atom. The lowest BCUT2D eigenvalue weighted by Crippen LogP contribution is -2.23. The molecule has 0 aliphatic carbocycles. The van der Waals surface area contributed by atoms with Gasteiger partial charge in [-0.1, -0.05) is 42.5 Å². The summed E-state index contributed by atoms with van der Waals surface area (Å²) < 4.78 is 18.7. The Kier molecular flexibility index (Phi) is 5.27. The van der Waals surface area contributed by atoms with E-state index >= 15 is 0 Å².